The fraction of sp³-hybridized carbons (Fsp3) is 0.739. The van der Waals surface area contributed by atoms with E-state index in [2.05, 4.69) is 11.9 Å². The summed E-state index contributed by atoms with van der Waals surface area (Å²) in [6.45, 7) is 2.01. The zero-order valence-electron chi connectivity index (χ0n) is 18.3. The van der Waals surface area contributed by atoms with Gasteiger partial charge < -0.3 is 25.8 Å². The summed E-state index contributed by atoms with van der Waals surface area (Å²) in [5.41, 5.74) is 5.38. The van der Waals surface area contributed by atoms with Crippen LogP contribution in [0.4, 0.5) is 0 Å². The van der Waals surface area contributed by atoms with Crippen LogP contribution in [0.25, 0.3) is 0 Å². The van der Waals surface area contributed by atoms with Crippen LogP contribution in [0, 0.1) is 0 Å². The average molecular weight is 425 g/mol. The topological polar surface area (TPSA) is 126 Å². The van der Waals surface area contributed by atoms with E-state index in [1.54, 1.807) is 18.3 Å². The lowest BCUT2D eigenvalue weighted by molar-refractivity contribution is -0.0246. The molecule has 1 aliphatic heterocycles. The largest absolute Gasteiger partial charge is 0.394 e. The number of carbonyl (C=O) groups excluding carboxylic acids is 1. The molecular formula is C23H40N2O5. The highest BCUT2D eigenvalue weighted by molar-refractivity contribution is 5.92. The Morgan fingerprint density at radius 3 is 2.00 bits per heavy atom. The summed E-state index contributed by atoms with van der Waals surface area (Å²) in [5, 5.41) is 28.5. The number of aliphatic hydroxyl groups is 3. The van der Waals surface area contributed by atoms with Crippen molar-refractivity contribution in [3.63, 3.8) is 0 Å². The van der Waals surface area contributed by atoms with Gasteiger partial charge in [-0.15, -0.1) is 0 Å². The lowest BCUT2D eigenvalue weighted by Gasteiger charge is -2.14. The molecule has 7 heteroatoms. The van der Waals surface area contributed by atoms with Crippen molar-refractivity contribution in [1.82, 2.24) is 4.98 Å². The monoisotopic (exact) mass is 424 g/mol. The van der Waals surface area contributed by atoms with Crippen molar-refractivity contribution in [2.75, 3.05) is 6.61 Å². The van der Waals surface area contributed by atoms with Gasteiger partial charge in [0.25, 0.3) is 0 Å². The number of primary amides is 1. The number of unbranched alkanes of at least 4 members (excludes halogenated alkanes) is 9. The molecule has 172 valence electrons. The van der Waals surface area contributed by atoms with Crippen molar-refractivity contribution < 1.29 is 24.9 Å². The van der Waals surface area contributed by atoms with Gasteiger partial charge in [0.15, 0.2) is 0 Å². The van der Waals surface area contributed by atoms with Gasteiger partial charge in [0, 0.05) is 12.4 Å². The fourth-order valence-electron chi connectivity index (χ4n) is 3.56. The average Bonchev–Trinajstić information content (AvgIpc) is 3.04. The highest BCUT2D eigenvalue weighted by Gasteiger charge is 2.41. The van der Waals surface area contributed by atoms with Crippen LogP contribution in [0.2, 0.25) is 0 Å². The molecule has 7 nitrogen and oxygen atoms in total. The predicted molar refractivity (Wildman–Crippen MR) is 117 cm³/mol. The first kappa shape index (κ1) is 26.5. The highest BCUT2D eigenvalue weighted by Crippen LogP contribution is 2.25. The van der Waals surface area contributed by atoms with E-state index < -0.39 is 24.2 Å². The number of nitrogens with zero attached hydrogens (tertiary/aromatic N) is 1. The Labute approximate surface area is 180 Å². The zero-order valence-corrected chi connectivity index (χ0v) is 18.3. The molecule has 30 heavy (non-hydrogen) atoms. The van der Waals surface area contributed by atoms with Gasteiger partial charge in [-0.3, -0.25) is 9.78 Å². The van der Waals surface area contributed by atoms with Crippen molar-refractivity contribution in [3.8, 4) is 0 Å². The van der Waals surface area contributed by atoms with Gasteiger partial charge in [-0.2, -0.15) is 0 Å². The minimum absolute atomic E-state index is 0.229. The van der Waals surface area contributed by atoms with Crippen molar-refractivity contribution >= 4 is 5.91 Å². The van der Waals surface area contributed by atoms with Crippen LogP contribution in [0.3, 0.4) is 0 Å². The second-order valence-electron chi connectivity index (χ2n) is 7.95. The molecule has 1 aromatic rings. The number of carbonyl (C=O) groups is 1. The smallest absolute Gasteiger partial charge is 0.250 e. The van der Waals surface area contributed by atoms with Gasteiger partial charge >= 0.3 is 0 Å². The van der Waals surface area contributed by atoms with Crippen LogP contribution in [-0.4, -0.2) is 57.2 Å². The van der Waals surface area contributed by atoms with E-state index in [0.717, 1.165) is 19.3 Å². The number of rotatable bonds is 13. The van der Waals surface area contributed by atoms with Crippen LogP contribution < -0.4 is 5.73 Å². The number of hydrogen-bond donors (Lipinski definition) is 4. The first-order valence-corrected chi connectivity index (χ1v) is 11.3. The molecule has 0 aliphatic carbocycles. The lowest BCUT2D eigenvalue weighted by atomic mass is 10.0. The Morgan fingerprint density at radius 1 is 1.00 bits per heavy atom. The van der Waals surface area contributed by atoms with Gasteiger partial charge in [-0.25, -0.2) is 0 Å². The summed E-state index contributed by atoms with van der Waals surface area (Å²) in [6, 6.07) is 3.29. The minimum atomic E-state index is -0.942. The third-order valence-electron chi connectivity index (χ3n) is 5.43. The van der Waals surface area contributed by atoms with E-state index in [1.165, 1.54) is 57.6 Å². The van der Waals surface area contributed by atoms with Gasteiger partial charge in [0.05, 0.1) is 18.3 Å². The first-order chi connectivity index (χ1) is 14.5. The first-order valence-electron chi connectivity index (χ1n) is 11.3. The maximum atomic E-state index is 10.4. The Balaban J connectivity index is 0.000000414. The maximum absolute atomic E-state index is 10.4. The molecule has 5 N–H and O–H groups in total. The van der Waals surface area contributed by atoms with Crippen LogP contribution >= 0.6 is 0 Å². The van der Waals surface area contributed by atoms with E-state index in [4.69, 9.17) is 15.6 Å². The molecule has 0 saturated carbocycles. The number of hydrogen-bond acceptors (Lipinski definition) is 6. The second kappa shape index (κ2) is 16.2. The quantitative estimate of drug-likeness (QED) is 0.361. The van der Waals surface area contributed by atoms with E-state index >= 15 is 0 Å². The third kappa shape index (κ3) is 10.5. The van der Waals surface area contributed by atoms with Crippen LogP contribution in [0.15, 0.2) is 24.5 Å². The molecule has 2 heterocycles. The zero-order chi connectivity index (χ0) is 22.2. The Kier molecular flexibility index (Phi) is 14.3. The number of ether oxygens (including phenoxy) is 1. The SMILES string of the molecule is CCCCCCCCCCCCC1O[C@H](CO)[C@@H](O)[C@H]1O.NC(=O)c1cccnc1. The molecule has 1 aromatic heterocycles. The molecule has 1 amide bonds. The predicted octanol–water partition coefficient (Wildman–Crippen LogP) is 2.96. The fourth-order valence-corrected chi connectivity index (χ4v) is 3.56. The standard InChI is InChI=1S/C17H34O4.C6H6N2O/c1-2-3-4-5-6-7-8-9-10-11-12-14-16(19)17(20)15(13-18)21-14;7-6(9)5-2-1-3-8-4-5/h14-20H,2-13H2,1H3;1-4H,(H2,7,9)/t14?,15-,16+,17-;/m1./s1. The summed E-state index contributed by atoms with van der Waals surface area (Å²) in [5.74, 6) is -0.442. The number of aliphatic hydroxyl groups excluding tert-OH is 3. The normalized spacial score (nSPS) is 23.1. The van der Waals surface area contributed by atoms with Crippen molar-refractivity contribution in [1.29, 1.82) is 0 Å². The Bertz CT molecular complexity index is 558. The molecular weight excluding hydrogens is 384 g/mol. The van der Waals surface area contributed by atoms with Crippen molar-refractivity contribution in [3.05, 3.63) is 30.1 Å². The van der Waals surface area contributed by atoms with E-state index in [0.29, 0.717) is 5.56 Å². The summed E-state index contributed by atoms with van der Waals surface area (Å²) in [7, 11) is 0. The number of aromatic nitrogens is 1. The molecule has 0 bridgehead atoms. The Hall–Kier alpha value is -1.54. The second-order valence-corrected chi connectivity index (χ2v) is 7.95. The minimum Gasteiger partial charge on any atom is -0.394 e. The molecule has 1 unspecified atom stereocenters. The third-order valence-corrected chi connectivity index (χ3v) is 5.43. The number of nitrogens with two attached hydrogens (primary N) is 1. The van der Waals surface area contributed by atoms with Crippen LogP contribution in [0.1, 0.15) is 87.9 Å². The molecule has 1 fully saturated rings. The van der Waals surface area contributed by atoms with E-state index in [-0.39, 0.29) is 12.7 Å². The molecule has 4 atom stereocenters. The van der Waals surface area contributed by atoms with Crippen LogP contribution in [-0.2, 0) is 4.74 Å². The van der Waals surface area contributed by atoms with Crippen LogP contribution in [0.5, 0.6) is 0 Å². The van der Waals surface area contributed by atoms with E-state index in [9.17, 15) is 15.0 Å². The van der Waals surface area contributed by atoms with Gasteiger partial charge in [0.2, 0.25) is 5.91 Å². The Morgan fingerprint density at radius 2 is 1.57 bits per heavy atom. The van der Waals surface area contributed by atoms with E-state index in [1.807, 2.05) is 0 Å². The molecule has 0 aromatic carbocycles. The van der Waals surface area contributed by atoms with Crippen molar-refractivity contribution in [2.45, 2.75) is 102 Å². The lowest BCUT2D eigenvalue weighted by Crippen LogP contribution is -2.33. The summed E-state index contributed by atoms with van der Waals surface area (Å²) < 4.78 is 5.47. The molecule has 2 rings (SSSR count). The number of amides is 1. The highest BCUT2D eigenvalue weighted by atomic mass is 16.6. The van der Waals surface area contributed by atoms with Gasteiger partial charge in [0.1, 0.15) is 18.3 Å². The van der Waals surface area contributed by atoms with Gasteiger partial charge in [-0.05, 0) is 18.6 Å². The van der Waals surface area contributed by atoms with Gasteiger partial charge in [-0.1, -0.05) is 71.1 Å². The summed E-state index contributed by atoms with van der Waals surface area (Å²) >= 11 is 0. The molecule has 0 radical (unpaired) electrons. The maximum Gasteiger partial charge on any atom is 0.250 e. The number of pyridine rings is 1. The molecule has 0 spiro atoms. The summed E-state index contributed by atoms with van der Waals surface area (Å²) in [4.78, 5) is 14.1. The summed E-state index contributed by atoms with van der Waals surface area (Å²) in [6.07, 6.45) is 13.9. The molecule has 1 saturated heterocycles. The molecule has 1 aliphatic rings. The van der Waals surface area contributed by atoms with Crippen molar-refractivity contribution in [2.24, 2.45) is 5.73 Å².